The molecule has 1 aromatic rings. The zero-order valence-electron chi connectivity index (χ0n) is 6.03. The van der Waals surface area contributed by atoms with Crippen LogP contribution in [-0.4, -0.2) is 5.51 Å². The Morgan fingerprint density at radius 1 is 1.23 bits per heavy atom. The fourth-order valence-electron chi connectivity index (χ4n) is 0.680. The Hall–Kier alpha value is -0.230. The Kier molecular flexibility index (Phi) is 3.23. The van der Waals surface area contributed by atoms with E-state index in [1.54, 1.807) is 0 Å². The molecule has 0 atom stereocenters. The molecule has 1 rings (SSSR count). The summed E-state index contributed by atoms with van der Waals surface area (Å²) in [5.41, 5.74) is -4.46. The molecule has 0 saturated carbocycles. The summed E-state index contributed by atoms with van der Waals surface area (Å²) >= 11 is 2.49. The fraction of sp³-hybridized carbons (Fsp3) is 0.143. The van der Waals surface area contributed by atoms with E-state index < -0.39 is 28.0 Å². The molecule has 1 aromatic carbocycles. The molecule has 0 aliphatic heterocycles. The van der Waals surface area contributed by atoms with Gasteiger partial charge in [0.2, 0.25) is 0 Å². The first kappa shape index (κ1) is 10.8. The molecule has 0 heterocycles. The van der Waals surface area contributed by atoms with Gasteiger partial charge in [-0.2, -0.15) is 13.2 Å². The van der Waals surface area contributed by atoms with Crippen LogP contribution < -0.4 is 0 Å². The van der Waals surface area contributed by atoms with Crippen molar-refractivity contribution in [3.63, 3.8) is 0 Å². The van der Waals surface area contributed by atoms with Crippen LogP contribution in [0.3, 0.4) is 0 Å². The lowest BCUT2D eigenvalue weighted by molar-refractivity contribution is -0.0329. The summed E-state index contributed by atoms with van der Waals surface area (Å²) in [5, 5.41) is 0. The number of hydrogen-bond donors (Lipinski definition) is 0. The van der Waals surface area contributed by atoms with E-state index in [1.807, 2.05) is 0 Å². The molecule has 0 aliphatic rings. The zero-order chi connectivity index (χ0) is 10.1. The number of thioether (sulfide) groups is 1. The van der Waals surface area contributed by atoms with E-state index in [4.69, 9.17) is 0 Å². The second-order valence-corrected chi connectivity index (χ2v) is 4.15. The van der Waals surface area contributed by atoms with Gasteiger partial charge in [-0.25, -0.2) is 4.39 Å². The quantitative estimate of drug-likeness (QED) is 0.546. The van der Waals surface area contributed by atoms with E-state index >= 15 is 0 Å². The Bertz CT molecular complexity index is 310. The van der Waals surface area contributed by atoms with Crippen LogP contribution in [0.1, 0.15) is 0 Å². The number of benzene rings is 1. The predicted molar refractivity (Wildman–Crippen MR) is 46.0 cm³/mol. The maximum Gasteiger partial charge on any atom is 0.446 e. The van der Waals surface area contributed by atoms with Crippen molar-refractivity contribution >= 4 is 27.7 Å². The average molecular weight is 275 g/mol. The molecule has 72 valence electrons. The maximum atomic E-state index is 12.8. The van der Waals surface area contributed by atoms with E-state index in [-0.39, 0.29) is 0 Å². The van der Waals surface area contributed by atoms with E-state index in [0.717, 1.165) is 12.1 Å². The lowest BCUT2D eigenvalue weighted by Gasteiger charge is -2.06. The second kappa shape index (κ2) is 3.88. The lowest BCUT2D eigenvalue weighted by atomic mass is 10.3. The van der Waals surface area contributed by atoms with Gasteiger partial charge in [0.05, 0.1) is 4.90 Å². The van der Waals surface area contributed by atoms with Crippen molar-refractivity contribution in [2.45, 2.75) is 10.4 Å². The molecule has 0 unspecified atom stereocenters. The highest BCUT2D eigenvalue weighted by molar-refractivity contribution is 9.10. The number of rotatable bonds is 1. The summed E-state index contributed by atoms with van der Waals surface area (Å²) in [6.07, 6.45) is 0. The van der Waals surface area contributed by atoms with Gasteiger partial charge in [-0.15, -0.1) is 0 Å². The van der Waals surface area contributed by atoms with Crippen LogP contribution in [-0.2, 0) is 0 Å². The Balaban J connectivity index is 2.94. The van der Waals surface area contributed by atoms with E-state index in [0.29, 0.717) is 4.47 Å². The lowest BCUT2D eigenvalue weighted by Crippen LogP contribution is -2.00. The molecule has 0 spiro atoms. The van der Waals surface area contributed by atoms with Gasteiger partial charge >= 0.3 is 5.51 Å². The van der Waals surface area contributed by atoms with Crippen molar-refractivity contribution in [2.24, 2.45) is 0 Å². The first-order chi connectivity index (χ1) is 5.88. The summed E-state index contributed by atoms with van der Waals surface area (Å²) in [4.78, 5) is -0.429. The maximum absolute atomic E-state index is 12.8. The highest BCUT2D eigenvalue weighted by atomic mass is 79.9. The van der Waals surface area contributed by atoms with E-state index in [9.17, 15) is 17.6 Å². The molecular weight excluding hydrogens is 272 g/mol. The third-order valence-electron chi connectivity index (χ3n) is 1.12. The summed E-state index contributed by atoms with van der Waals surface area (Å²) in [6.45, 7) is 0. The molecule has 0 amide bonds. The van der Waals surface area contributed by atoms with Crippen molar-refractivity contribution < 1.29 is 17.6 Å². The minimum Gasteiger partial charge on any atom is -0.206 e. The summed E-state index contributed by atoms with van der Waals surface area (Å²) < 4.78 is 48.7. The summed E-state index contributed by atoms with van der Waals surface area (Å²) in [7, 11) is 0. The molecular formula is C7H3BrF4S. The fourth-order valence-corrected chi connectivity index (χ4v) is 1.79. The first-order valence-electron chi connectivity index (χ1n) is 3.09. The van der Waals surface area contributed by atoms with Gasteiger partial charge in [-0.1, -0.05) is 15.9 Å². The van der Waals surface area contributed by atoms with Gasteiger partial charge in [0, 0.05) is 4.47 Å². The minimum atomic E-state index is -4.46. The molecule has 0 aromatic heterocycles. The third kappa shape index (κ3) is 3.56. The van der Waals surface area contributed by atoms with Crippen LogP contribution in [0.25, 0.3) is 0 Å². The largest absolute Gasteiger partial charge is 0.446 e. The van der Waals surface area contributed by atoms with Crippen molar-refractivity contribution in [3.05, 3.63) is 28.5 Å². The Morgan fingerprint density at radius 2 is 1.85 bits per heavy atom. The average Bonchev–Trinajstić information content (AvgIpc) is 1.94. The highest BCUT2D eigenvalue weighted by Crippen LogP contribution is 2.38. The van der Waals surface area contributed by atoms with Crippen LogP contribution in [0, 0.1) is 5.82 Å². The third-order valence-corrected chi connectivity index (χ3v) is 2.38. The predicted octanol–water partition coefficient (Wildman–Crippen LogP) is 4.20. The Morgan fingerprint density at radius 3 is 2.38 bits per heavy atom. The van der Waals surface area contributed by atoms with Crippen LogP contribution in [0.5, 0.6) is 0 Å². The Labute approximate surface area is 84.4 Å². The normalized spacial score (nSPS) is 11.8. The summed E-state index contributed by atoms with van der Waals surface area (Å²) in [6, 6.07) is 3.42. The van der Waals surface area contributed by atoms with E-state index in [2.05, 4.69) is 15.9 Å². The molecule has 0 N–H and O–H groups in total. The SMILES string of the molecule is Fc1ccc(Br)cc1SC(F)(F)F. The van der Waals surface area contributed by atoms with Crippen molar-refractivity contribution in [3.8, 4) is 0 Å². The smallest absolute Gasteiger partial charge is 0.206 e. The zero-order valence-corrected chi connectivity index (χ0v) is 8.43. The summed E-state index contributed by atoms with van der Waals surface area (Å²) in [5.74, 6) is -0.870. The molecule has 0 aliphatic carbocycles. The molecule has 0 fully saturated rings. The molecule has 0 nitrogen and oxygen atoms in total. The topological polar surface area (TPSA) is 0 Å². The van der Waals surface area contributed by atoms with Crippen molar-refractivity contribution in [2.75, 3.05) is 0 Å². The second-order valence-electron chi connectivity index (χ2n) is 2.12. The van der Waals surface area contributed by atoms with Gasteiger partial charge < -0.3 is 0 Å². The minimum absolute atomic E-state index is 0.417. The van der Waals surface area contributed by atoms with Gasteiger partial charge in [-0.3, -0.25) is 0 Å². The molecule has 13 heavy (non-hydrogen) atoms. The molecule has 0 bridgehead atoms. The standard InChI is InChI=1S/C7H3BrF4S/c8-4-1-2-5(9)6(3-4)13-7(10,11)12/h1-3H. The van der Waals surface area contributed by atoms with Crippen LogP contribution >= 0.6 is 27.7 Å². The van der Waals surface area contributed by atoms with Gasteiger partial charge in [0.1, 0.15) is 5.82 Å². The van der Waals surface area contributed by atoms with Gasteiger partial charge in [0.25, 0.3) is 0 Å². The van der Waals surface area contributed by atoms with Crippen molar-refractivity contribution in [1.82, 2.24) is 0 Å². The van der Waals surface area contributed by atoms with Crippen molar-refractivity contribution in [1.29, 1.82) is 0 Å². The van der Waals surface area contributed by atoms with Crippen LogP contribution in [0.2, 0.25) is 0 Å². The first-order valence-corrected chi connectivity index (χ1v) is 4.70. The van der Waals surface area contributed by atoms with Crippen LogP contribution in [0.4, 0.5) is 17.6 Å². The van der Waals surface area contributed by atoms with E-state index in [1.165, 1.54) is 6.07 Å². The monoisotopic (exact) mass is 274 g/mol. The highest BCUT2D eigenvalue weighted by Gasteiger charge is 2.30. The van der Waals surface area contributed by atoms with Crippen LogP contribution in [0.15, 0.2) is 27.6 Å². The molecule has 6 heteroatoms. The molecule has 0 radical (unpaired) electrons. The number of halogens is 5. The van der Waals surface area contributed by atoms with Gasteiger partial charge in [-0.05, 0) is 30.0 Å². The van der Waals surface area contributed by atoms with Gasteiger partial charge in [0.15, 0.2) is 0 Å². The molecule has 0 saturated heterocycles. The number of alkyl halides is 3. The number of hydrogen-bond acceptors (Lipinski definition) is 1.